The van der Waals surface area contributed by atoms with Crippen LogP contribution in [0.15, 0.2) is 48.7 Å². The number of nitrogens with zero attached hydrogens (tertiary/aromatic N) is 5. The first-order chi connectivity index (χ1) is 16.3. The lowest BCUT2D eigenvalue weighted by molar-refractivity contribution is -0.185. The molecule has 0 saturated carbocycles. The van der Waals surface area contributed by atoms with Crippen molar-refractivity contribution < 1.29 is 18.3 Å². The number of pyridine rings is 2. The monoisotopic (exact) mass is 483 g/mol. The molecule has 1 aliphatic rings. The largest absolute Gasteiger partial charge is 0.408 e. The van der Waals surface area contributed by atoms with Crippen LogP contribution in [-0.2, 0) is 5.41 Å². The molecular formula is C26H28F3N5O. The molecular weight excluding hydrogens is 455 g/mol. The standard InChI is InChI=1S/C26H28F3N5O/c1-24(2,3)18-7-5-6-16-8-10-19(30-21(16)18)23-32-31-20-11-9-17(14-34(20)23)22(26(27,28)29)33-13-12-25(4,35)15-33/h5-11,14,22,35H,12-13,15H2,1-4H3/t22-,25?/m1/s1. The molecule has 2 atom stereocenters. The van der Waals surface area contributed by atoms with Crippen LogP contribution in [0.4, 0.5) is 13.2 Å². The summed E-state index contributed by atoms with van der Waals surface area (Å²) in [6, 6.07) is 10.9. The number of rotatable bonds is 3. The molecule has 0 amide bonds. The normalized spacial score (nSPS) is 20.7. The van der Waals surface area contributed by atoms with E-state index in [1.54, 1.807) is 17.4 Å². The minimum absolute atomic E-state index is 0.0495. The van der Waals surface area contributed by atoms with Crippen molar-refractivity contribution in [3.63, 3.8) is 0 Å². The van der Waals surface area contributed by atoms with E-state index in [4.69, 9.17) is 4.98 Å². The predicted octanol–water partition coefficient (Wildman–Crippen LogP) is 5.30. The van der Waals surface area contributed by atoms with E-state index in [-0.39, 0.29) is 30.5 Å². The summed E-state index contributed by atoms with van der Waals surface area (Å²) in [5.74, 6) is 0.377. The van der Waals surface area contributed by atoms with E-state index in [1.807, 2.05) is 30.3 Å². The van der Waals surface area contributed by atoms with E-state index in [1.165, 1.54) is 17.2 Å². The smallest absolute Gasteiger partial charge is 0.389 e. The maximum Gasteiger partial charge on any atom is 0.408 e. The first-order valence-corrected chi connectivity index (χ1v) is 11.6. The zero-order valence-electron chi connectivity index (χ0n) is 20.1. The Labute approximate surface area is 201 Å². The Bertz CT molecular complexity index is 1400. The van der Waals surface area contributed by atoms with Gasteiger partial charge in [0.05, 0.1) is 11.1 Å². The predicted molar refractivity (Wildman–Crippen MR) is 128 cm³/mol. The van der Waals surface area contributed by atoms with E-state index in [9.17, 15) is 18.3 Å². The van der Waals surface area contributed by atoms with Gasteiger partial charge in [0.2, 0.25) is 0 Å². The third-order valence-corrected chi connectivity index (χ3v) is 6.65. The fraction of sp³-hybridized carbons (Fsp3) is 0.423. The average molecular weight is 484 g/mol. The van der Waals surface area contributed by atoms with Gasteiger partial charge in [-0.05, 0) is 42.0 Å². The van der Waals surface area contributed by atoms with Crippen molar-refractivity contribution in [2.24, 2.45) is 0 Å². The summed E-state index contributed by atoms with van der Waals surface area (Å²) in [5, 5.41) is 19.7. The van der Waals surface area contributed by atoms with Gasteiger partial charge in [0.15, 0.2) is 11.5 Å². The SMILES string of the molecule is CC1(O)CCN([C@H](c2ccc3nnc(-c4ccc5cccc(C(C)(C)C)c5n4)n3c2)C(F)(F)F)C1. The summed E-state index contributed by atoms with van der Waals surface area (Å²) in [6.07, 6.45) is -2.78. The van der Waals surface area contributed by atoms with Crippen LogP contribution >= 0.6 is 0 Å². The maximum atomic E-state index is 14.2. The molecule has 0 aliphatic carbocycles. The van der Waals surface area contributed by atoms with Gasteiger partial charge in [0, 0.05) is 24.7 Å². The Balaban J connectivity index is 1.63. The summed E-state index contributed by atoms with van der Waals surface area (Å²) in [5.41, 5.74) is 1.66. The third-order valence-electron chi connectivity index (χ3n) is 6.65. The molecule has 1 saturated heterocycles. The van der Waals surface area contributed by atoms with E-state index in [0.717, 1.165) is 16.5 Å². The molecule has 5 rings (SSSR count). The molecule has 184 valence electrons. The zero-order valence-corrected chi connectivity index (χ0v) is 20.1. The number of aromatic nitrogens is 4. The molecule has 35 heavy (non-hydrogen) atoms. The highest BCUT2D eigenvalue weighted by Crippen LogP contribution is 2.41. The highest BCUT2D eigenvalue weighted by molar-refractivity contribution is 5.84. The van der Waals surface area contributed by atoms with Crippen LogP contribution in [0.1, 0.15) is 51.3 Å². The molecule has 1 aromatic carbocycles. The highest BCUT2D eigenvalue weighted by atomic mass is 19.4. The minimum Gasteiger partial charge on any atom is -0.389 e. The lowest BCUT2D eigenvalue weighted by Crippen LogP contribution is -2.39. The molecule has 6 nitrogen and oxygen atoms in total. The number of hydrogen-bond donors (Lipinski definition) is 1. The van der Waals surface area contributed by atoms with Crippen molar-refractivity contribution in [3.8, 4) is 11.5 Å². The van der Waals surface area contributed by atoms with Crippen LogP contribution in [0, 0.1) is 0 Å². The number of likely N-dealkylation sites (tertiary alicyclic amines) is 1. The average Bonchev–Trinajstić information content (AvgIpc) is 3.34. The Morgan fingerprint density at radius 3 is 2.46 bits per heavy atom. The Hall–Kier alpha value is -3.04. The van der Waals surface area contributed by atoms with E-state index in [2.05, 4.69) is 31.0 Å². The lowest BCUT2D eigenvalue weighted by Gasteiger charge is -2.30. The van der Waals surface area contributed by atoms with E-state index >= 15 is 0 Å². The summed E-state index contributed by atoms with van der Waals surface area (Å²) in [4.78, 5) is 6.15. The van der Waals surface area contributed by atoms with Crippen LogP contribution in [0.2, 0.25) is 0 Å². The second kappa shape index (κ2) is 7.99. The molecule has 0 spiro atoms. The van der Waals surface area contributed by atoms with Gasteiger partial charge in [-0.3, -0.25) is 9.30 Å². The fourth-order valence-corrected chi connectivity index (χ4v) is 4.93. The molecule has 1 fully saturated rings. The van der Waals surface area contributed by atoms with Crippen molar-refractivity contribution in [3.05, 3.63) is 59.8 Å². The van der Waals surface area contributed by atoms with E-state index in [0.29, 0.717) is 17.2 Å². The van der Waals surface area contributed by atoms with Crippen molar-refractivity contribution in [2.45, 2.75) is 57.3 Å². The Kier molecular flexibility index (Phi) is 5.41. The second-order valence-corrected chi connectivity index (χ2v) is 10.7. The van der Waals surface area contributed by atoms with Gasteiger partial charge in [-0.2, -0.15) is 13.2 Å². The topological polar surface area (TPSA) is 66.5 Å². The lowest BCUT2D eigenvalue weighted by atomic mass is 9.85. The third kappa shape index (κ3) is 4.38. The fourth-order valence-electron chi connectivity index (χ4n) is 4.93. The van der Waals surface area contributed by atoms with Crippen molar-refractivity contribution in [1.29, 1.82) is 0 Å². The number of alkyl halides is 3. The summed E-state index contributed by atoms with van der Waals surface area (Å²) < 4.78 is 44.2. The first-order valence-electron chi connectivity index (χ1n) is 11.6. The second-order valence-electron chi connectivity index (χ2n) is 10.7. The molecule has 1 unspecified atom stereocenters. The molecule has 4 heterocycles. The number of hydrogen-bond acceptors (Lipinski definition) is 5. The number of aliphatic hydroxyl groups is 1. The van der Waals surface area contributed by atoms with Gasteiger partial charge in [-0.15, -0.1) is 10.2 Å². The number of benzene rings is 1. The Morgan fingerprint density at radius 2 is 1.80 bits per heavy atom. The first kappa shape index (κ1) is 23.7. The van der Waals surface area contributed by atoms with Gasteiger partial charge < -0.3 is 5.11 Å². The van der Waals surface area contributed by atoms with Crippen LogP contribution in [-0.4, -0.2) is 54.5 Å². The summed E-state index contributed by atoms with van der Waals surface area (Å²) in [6.45, 7) is 8.02. The van der Waals surface area contributed by atoms with Crippen LogP contribution in [0.5, 0.6) is 0 Å². The van der Waals surface area contributed by atoms with E-state index < -0.39 is 17.8 Å². The van der Waals surface area contributed by atoms with Crippen LogP contribution < -0.4 is 0 Å². The number of β-amino-alcohol motifs (C(OH)–C–C–N with tert-alkyl or cyclic N) is 1. The molecule has 1 aliphatic heterocycles. The maximum absolute atomic E-state index is 14.2. The molecule has 0 bridgehead atoms. The molecule has 9 heteroatoms. The zero-order chi connectivity index (χ0) is 25.2. The summed E-state index contributed by atoms with van der Waals surface area (Å²) in [7, 11) is 0. The van der Waals surface area contributed by atoms with Gasteiger partial charge in [0.1, 0.15) is 11.7 Å². The molecule has 1 N–H and O–H groups in total. The molecule has 4 aromatic rings. The van der Waals surface area contributed by atoms with Gasteiger partial charge in [-0.25, -0.2) is 4.98 Å². The van der Waals surface area contributed by atoms with Crippen molar-refractivity contribution >= 4 is 16.6 Å². The van der Waals surface area contributed by atoms with Crippen molar-refractivity contribution in [1.82, 2.24) is 24.5 Å². The number of para-hydroxylation sites is 1. The van der Waals surface area contributed by atoms with Gasteiger partial charge in [0.25, 0.3) is 0 Å². The van der Waals surface area contributed by atoms with Crippen LogP contribution in [0.3, 0.4) is 0 Å². The Morgan fingerprint density at radius 1 is 1.03 bits per heavy atom. The summed E-state index contributed by atoms with van der Waals surface area (Å²) >= 11 is 0. The quantitative estimate of drug-likeness (QED) is 0.428. The molecule has 0 radical (unpaired) electrons. The van der Waals surface area contributed by atoms with Gasteiger partial charge >= 0.3 is 6.18 Å². The van der Waals surface area contributed by atoms with Crippen molar-refractivity contribution in [2.75, 3.05) is 13.1 Å². The van der Waals surface area contributed by atoms with Crippen LogP contribution in [0.25, 0.3) is 28.1 Å². The van der Waals surface area contributed by atoms with Gasteiger partial charge in [-0.1, -0.05) is 51.1 Å². The highest BCUT2D eigenvalue weighted by Gasteiger charge is 2.48. The number of halogens is 3. The minimum atomic E-state index is -4.51. The number of fused-ring (bicyclic) bond motifs is 2. The molecule has 3 aromatic heterocycles.